The van der Waals surface area contributed by atoms with Gasteiger partial charge in [0.05, 0.1) is 4.92 Å². The summed E-state index contributed by atoms with van der Waals surface area (Å²) >= 11 is 0. The van der Waals surface area contributed by atoms with Gasteiger partial charge < -0.3 is 10.5 Å². The van der Waals surface area contributed by atoms with Crippen molar-refractivity contribution >= 4 is 11.8 Å². The molecule has 0 rings (SSSR count). The van der Waals surface area contributed by atoms with Crippen molar-refractivity contribution < 1.29 is 14.8 Å². The first kappa shape index (κ1) is 7.32. The summed E-state index contributed by atoms with van der Waals surface area (Å²) < 4.78 is 0. The van der Waals surface area contributed by atoms with Crippen LogP contribution in [0.4, 0.5) is 0 Å². The molecule has 1 N–H and O–H groups in total. The zero-order valence-electron chi connectivity index (χ0n) is 4.07. The molecule has 0 aromatic carbocycles. The third kappa shape index (κ3) is 1.70. The molecule has 0 aliphatic carbocycles. The molecular weight excluding hydrogens is 128 g/mol. The summed E-state index contributed by atoms with van der Waals surface area (Å²) in [6.45, 7) is 0. The van der Waals surface area contributed by atoms with Gasteiger partial charge in [0.2, 0.25) is 0 Å². The molecule has 0 saturated heterocycles. The van der Waals surface area contributed by atoms with Crippen molar-refractivity contribution in [3.63, 3.8) is 0 Å². The van der Waals surface area contributed by atoms with Gasteiger partial charge in [0.15, 0.2) is 0 Å². The fourth-order valence-electron chi connectivity index (χ4n) is 0.167. The topological polar surface area (TPSA) is 103 Å². The predicted molar refractivity (Wildman–Crippen MR) is 26.5 cm³/mol. The highest BCUT2D eigenvalue weighted by Gasteiger charge is 2.16. The summed E-state index contributed by atoms with van der Waals surface area (Å²) in [7, 11) is 0. The first-order chi connectivity index (χ1) is 4.09. The van der Waals surface area contributed by atoms with Crippen LogP contribution >= 0.6 is 0 Å². The number of aliphatic carboxylic acids is 1. The average Bonchev–Trinajstić information content (AvgIpc) is 1.64. The molecule has 0 saturated carbocycles. The number of rotatable bonds is 2. The second-order valence-corrected chi connectivity index (χ2v) is 1.02. The van der Waals surface area contributed by atoms with Gasteiger partial charge in [0.1, 0.15) is 0 Å². The van der Waals surface area contributed by atoms with Crippen molar-refractivity contribution in [2.75, 3.05) is 0 Å². The van der Waals surface area contributed by atoms with Crippen molar-refractivity contribution in [1.82, 2.24) is 0 Å². The Bertz CT molecular complexity index is 186. The van der Waals surface area contributed by atoms with Gasteiger partial charge in [-0.05, 0) is 0 Å². The van der Waals surface area contributed by atoms with Crippen molar-refractivity contribution in [3.8, 4) is 0 Å². The standard InChI is InChI=1S/C3HN2O4/c4-1-2(3(6)7)5(8)9/h(H,6,7)/q-1. The van der Waals surface area contributed by atoms with Gasteiger partial charge in [-0.25, -0.2) is 4.79 Å². The molecule has 0 aliphatic heterocycles. The molecule has 0 bridgehead atoms. The molecule has 0 unspecified atom stereocenters. The first-order valence-corrected chi connectivity index (χ1v) is 1.74. The number of hydrogen-bond acceptors (Lipinski definition) is 3. The highest BCUT2D eigenvalue weighted by molar-refractivity contribution is 5.94. The minimum absolute atomic E-state index is 0.919. The molecular formula is C3HN2O4-. The van der Waals surface area contributed by atoms with Crippen molar-refractivity contribution in [2.45, 2.75) is 0 Å². The normalized spacial score (nSPS) is 7.56. The maximum absolute atomic E-state index is 9.67. The molecule has 0 aliphatic rings. The van der Waals surface area contributed by atoms with Gasteiger partial charge in [0.25, 0.3) is 0 Å². The van der Waals surface area contributed by atoms with E-state index in [9.17, 15) is 14.9 Å². The van der Waals surface area contributed by atoms with E-state index < -0.39 is 16.6 Å². The molecule has 0 spiro atoms. The van der Waals surface area contributed by atoms with Gasteiger partial charge >= 0.3 is 11.7 Å². The summed E-state index contributed by atoms with van der Waals surface area (Å²) in [5, 5.41) is 25.1. The molecule has 0 aromatic heterocycles. The Morgan fingerprint density at radius 2 is 2.22 bits per heavy atom. The van der Waals surface area contributed by atoms with E-state index >= 15 is 0 Å². The monoisotopic (exact) mass is 129 g/mol. The van der Waals surface area contributed by atoms with Crippen LogP contribution in [0.15, 0.2) is 5.70 Å². The Kier molecular flexibility index (Phi) is 2.10. The molecule has 0 aromatic rings. The van der Waals surface area contributed by atoms with Gasteiger partial charge in [-0.1, -0.05) is 0 Å². The molecule has 0 amide bonds. The molecule has 0 radical (unpaired) electrons. The highest BCUT2D eigenvalue weighted by atomic mass is 16.6. The molecule has 6 heteroatoms. The summed E-state index contributed by atoms with van der Waals surface area (Å²) in [6.07, 6.45) is 0. The molecule has 48 valence electrons. The molecule has 9 heavy (non-hydrogen) atoms. The number of carbonyl (C=O) groups is 1. The number of nitrogens with zero attached hydrogens (tertiary/aromatic N) is 2. The Morgan fingerprint density at radius 1 is 1.78 bits per heavy atom. The third-order valence-electron chi connectivity index (χ3n) is 0.491. The Balaban J connectivity index is 4.59. The summed E-state index contributed by atoms with van der Waals surface area (Å²) in [6, 6.07) is 0. The Labute approximate surface area is 49.1 Å². The maximum atomic E-state index is 9.67. The predicted octanol–water partition coefficient (Wildman–Crippen LogP) is -0.529. The van der Waals surface area contributed by atoms with E-state index in [0.29, 0.717) is 0 Å². The van der Waals surface area contributed by atoms with Crippen molar-refractivity contribution in [3.05, 3.63) is 21.2 Å². The molecule has 0 heterocycles. The third-order valence-corrected chi connectivity index (χ3v) is 0.491. The lowest BCUT2D eigenvalue weighted by molar-refractivity contribution is -0.418. The summed E-state index contributed by atoms with van der Waals surface area (Å²) in [5.74, 6) is -0.898. The van der Waals surface area contributed by atoms with E-state index in [0.717, 1.165) is 5.87 Å². The lowest BCUT2D eigenvalue weighted by Crippen LogP contribution is -2.10. The van der Waals surface area contributed by atoms with Crippen LogP contribution in [0.2, 0.25) is 0 Å². The molecule has 6 nitrogen and oxygen atoms in total. The Hall–Kier alpha value is -1.68. The fraction of sp³-hybridized carbons (Fsp3) is 0. The van der Waals surface area contributed by atoms with E-state index in [4.69, 9.17) is 10.5 Å². The van der Waals surface area contributed by atoms with Gasteiger partial charge in [-0.2, -0.15) is 5.87 Å². The summed E-state index contributed by atoms with van der Waals surface area (Å²) in [4.78, 5) is 18.0. The number of hydrogen-bond donors (Lipinski definition) is 1. The van der Waals surface area contributed by atoms with Crippen LogP contribution in [0, 0.1) is 10.1 Å². The number of carboxylic acid groups (broad SMARTS) is 1. The van der Waals surface area contributed by atoms with Gasteiger partial charge in [-0.3, -0.25) is 10.1 Å². The van der Waals surface area contributed by atoms with Crippen LogP contribution in [0.3, 0.4) is 0 Å². The van der Waals surface area contributed by atoms with E-state index in [1.807, 2.05) is 0 Å². The smallest absolute Gasteiger partial charge is 0.414 e. The van der Waals surface area contributed by atoms with E-state index in [1.165, 1.54) is 0 Å². The van der Waals surface area contributed by atoms with Crippen LogP contribution < -0.4 is 0 Å². The largest absolute Gasteiger partial charge is 0.757 e. The minimum Gasteiger partial charge on any atom is -0.757 e. The quantitative estimate of drug-likeness (QED) is 0.234. The van der Waals surface area contributed by atoms with Gasteiger partial charge in [-0.15, -0.1) is 0 Å². The van der Waals surface area contributed by atoms with Crippen LogP contribution in [-0.2, 0) is 4.79 Å². The number of nitro groups is 1. The minimum atomic E-state index is -1.82. The first-order valence-electron chi connectivity index (χ1n) is 1.74. The van der Waals surface area contributed by atoms with E-state index in [1.54, 1.807) is 0 Å². The molecule has 0 atom stereocenters. The van der Waals surface area contributed by atoms with Crippen LogP contribution in [0.25, 0.3) is 5.41 Å². The second-order valence-electron chi connectivity index (χ2n) is 1.02. The lowest BCUT2D eigenvalue weighted by atomic mass is 10.5. The maximum Gasteiger partial charge on any atom is 0.414 e. The zero-order chi connectivity index (χ0) is 7.44. The van der Waals surface area contributed by atoms with Crippen LogP contribution in [0.5, 0.6) is 0 Å². The number of carboxylic acids is 1. The lowest BCUT2D eigenvalue weighted by Gasteiger charge is -1.85. The van der Waals surface area contributed by atoms with Crippen LogP contribution in [-0.4, -0.2) is 21.9 Å². The van der Waals surface area contributed by atoms with Crippen molar-refractivity contribution in [1.29, 1.82) is 0 Å². The SMILES string of the molecule is [N-]=C=C(C(=O)O)[N+](=O)[O-]. The highest BCUT2D eigenvalue weighted by Crippen LogP contribution is 1.86. The summed E-state index contributed by atoms with van der Waals surface area (Å²) in [5.41, 5.74) is -1.37. The second kappa shape index (κ2) is 2.58. The van der Waals surface area contributed by atoms with E-state index in [2.05, 4.69) is 0 Å². The fourth-order valence-corrected chi connectivity index (χ4v) is 0.167. The average molecular weight is 129 g/mol. The Morgan fingerprint density at radius 3 is 2.22 bits per heavy atom. The van der Waals surface area contributed by atoms with Crippen molar-refractivity contribution in [2.24, 2.45) is 0 Å². The van der Waals surface area contributed by atoms with E-state index in [-0.39, 0.29) is 0 Å². The van der Waals surface area contributed by atoms with Crippen LogP contribution in [0.1, 0.15) is 0 Å². The molecule has 0 fully saturated rings. The zero-order valence-corrected chi connectivity index (χ0v) is 4.07. The van der Waals surface area contributed by atoms with Gasteiger partial charge in [0, 0.05) is 0 Å².